The molecule has 0 aliphatic rings. The fourth-order valence-electron chi connectivity index (χ4n) is 4.41. The Morgan fingerprint density at radius 2 is 1.85 bits per heavy atom. The van der Waals surface area contributed by atoms with E-state index in [9.17, 15) is 19.7 Å². The second kappa shape index (κ2) is 10.5. The van der Waals surface area contributed by atoms with Crippen molar-refractivity contribution < 1.29 is 14.1 Å². The van der Waals surface area contributed by atoms with E-state index in [0.29, 0.717) is 28.2 Å². The number of nitro benzene ring substituents is 1. The summed E-state index contributed by atoms with van der Waals surface area (Å²) in [4.78, 5) is 44.7. The van der Waals surface area contributed by atoms with Crippen molar-refractivity contribution in [3.05, 3.63) is 133 Å². The number of benzene rings is 3. The molecule has 10 heteroatoms. The fraction of sp³-hybridized carbons (Fsp3) is 0.138. The molecule has 9 nitrogen and oxygen atoms in total. The van der Waals surface area contributed by atoms with Crippen molar-refractivity contribution in [1.82, 2.24) is 14.5 Å². The van der Waals surface area contributed by atoms with Gasteiger partial charge in [-0.3, -0.25) is 24.3 Å². The molecule has 1 unspecified atom stereocenters. The monoisotopic (exact) mass is 542 g/mol. The zero-order valence-electron chi connectivity index (χ0n) is 21.1. The maximum atomic E-state index is 13.9. The predicted octanol–water partition coefficient (Wildman–Crippen LogP) is 6.25. The minimum Gasteiger partial charge on any atom is -0.467 e. The molecule has 39 heavy (non-hydrogen) atoms. The SMILES string of the molecule is Cc1ccc(-n2c(C(C)N(Cc3ccco3)C(=O)c3ccc([N+](=O)[O-])cc3Cl)nc3ccccc3c2=O)cc1. The zero-order valence-corrected chi connectivity index (χ0v) is 21.8. The number of halogens is 1. The van der Waals surface area contributed by atoms with E-state index in [2.05, 4.69) is 0 Å². The molecule has 0 saturated carbocycles. The first-order valence-electron chi connectivity index (χ1n) is 12.1. The summed E-state index contributed by atoms with van der Waals surface area (Å²) in [6.45, 7) is 3.75. The van der Waals surface area contributed by atoms with Gasteiger partial charge < -0.3 is 9.32 Å². The van der Waals surface area contributed by atoms with Crippen LogP contribution in [0, 0.1) is 17.0 Å². The molecule has 0 saturated heterocycles. The molecule has 0 radical (unpaired) electrons. The molecule has 2 aromatic heterocycles. The molecule has 0 N–H and O–H groups in total. The first-order chi connectivity index (χ1) is 18.7. The minimum absolute atomic E-state index is 0.0386. The molecular weight excluding hydrogens is 520 g/mol. The third kappa shape index (κ3) is 5.04. The number of aromatic nitrogens is 2. The van der Waals surface area contributed by atoms with Crippen LogP contribution in [-0.2, 0) is 6.54 Å². The number of para-hydroxylation sites is 1. The summed E-state index contributed by atoms with van der Waals surface area (Å²) in [6.07, 6.45) is 1.50. The van der Waals surface area contributed by atoms with Gasteiger partial charge in [0.1, 0.15) is 11.6 Å². The van der Waals surface area contributed by atoms with E-state index in [0.717, 1.165) is 11.6 Å². The van der Waals surface area contributed by atoms with Crippen molar-refractivity contribution in [1.29, 1.82) is 0 Å². The molecule has 3 aromatic carbocycles. The van der Waals surface area contributed by atoms with Gasteiger partial charge in [0.2, 0.25) is 0 Å². The Morgan fingerprint density at radius 3 is 2.51 bits per heavy atom. The molecule has 5 aromatic rings. The number of carbonyl (C=O) groups excluding carboxylic acids is 1. The Labute approximate surface area is 228 Å². The van der Waals surface area contributed by atoms with Crippen LogP contribution in [-0.4, -0.2) is 25.3 Å². The smallest absolute Gasteiger partial charge is 0.270 e. The molecular formula is C29H23ClN4O5. The van der Waals surface area contributed by atoms with Crippen LogP contribution in [0.15, 0.2) is 94.3 Å². The van der Waals surface area contributed by atoms with Crippen molar-refractivity contribution in [3.63, 3.8) is 0 Å². The van der Waals surface area contributed by atoms with Crippen molar-refractivity contribution in [2.75, 3.05) is 0 Å². The topological polar surface area (TPSA) is 111 Å². The first-order valence-corrected chi connectivity index (χ1v) is 12.5. The van der Waals surface area contributed by atoms with E-state index in [1.807, 2.05) is 31.2 Å². The molecule has 0 aliphatic heterocycles. The summed E-state index contributed by atoms with van der Waals surface area (Å²) < 4.78 is 7.04. The van der Waals surface area contributed by atoms with Crippen LogP contribution >= 0.6 is 11.6 Å². The summed E-state index contributed by atoms with van der Waals surface area (Å²) >= 11 is 6.34. The molecule has 0 fully saturated rings. The maximum Gasteiger partial charge on any atom is 0.270 e. The molecule has 1 atom stereocenters. The lowest BCUT2D eigenvalue weighted by Gasteiger charge is -2.30. The number of rotatable bonds is 7. The van der Waals surface area contributed by atoms with Gasteiger partial charge in [-0.05, 0) is 56.3 Å². The number of nitro groups is 1. The quantitative estimate of drug-likeness (QED) is 0.177. The number of fused-ring (bicyclic) bond motifs is 1. The molecule has 5 rings (SSSR count). The average Bonchev–Trinajstić information content (AvgIpc) is 3.45. The van der Waals surface area contributed by atoms with Gasteiger partial charge in [0.25, 0.3) is 17.2 Å². The van der Waals surface area contributed by atoms with Gasteiger partial charge in [0.15, 0.2) is 0 Å². The molecule has 0 aliphatic carbocycles. The Balaban J connectivity index is 1.69. The summed E-state index contributed by atoms with van der Waals surface area (Å²) in [5.41, 5.74) is 1.69. The lowest BCUT2D eigenvalue weighted by atomic mass is 10.1. The Bertz CT molecular complexity index is 1750. The van der Waals surface area contributed by atoms with Crippen LogP contribution in [0.3, 0.4) is 0 Å². The summed E-state index contributed by atoms with van der Waals surface area (Å²) in [5, 5.41) is 11.6. The Morgan fingerprint density at radius 1 is 1.10 bits per heavy atom. The lowest BCUT2D eigenvalue weighted by Crippen LogP contribution is -2.37. The second-order valence-corrected chi connectivity index (χ2v) is 9.48. The standard InChI is InChI=1S/C29H23ClN4O5/c1-18-9-11-20(12-10-18)33-27(31-26-8-4-3-7-24(26)29(33)36)19(2)32(17-22-6-5-15-39-22)28(35)23-14-13-21(34(37)38)16-25(23)30/h3-16,19H,17H2,1-2H3. The van der Waals surface area contributed by atoms with Gasteiger partial charge in [0.05, 0.1) is 50.9 Å². The van der Waals surface area contributed by atoms with Gasteiger partial charge in [-0.25, -0.2) is 4.98 Å². The van der Waals surface area contributed by atoms with Gasteiger partial charge in [-0.15, -0.1) is 0 Å². The third-order valence-corrected chi connectivity index (χ3v) is 6.81. The molecule has 1 amide bonds. The van der Waals surface area contributed by atoms with Crippen LogP contribution < -0.4 is 5.56 Å². The van der Waals surface area contributed by atoms with E-state index < -0.39 is 16.9 Å². The van der Waals surface area contributed by atoms with E-state index in [1.165, 1.54) is 27.9 Å². The minimum atomic E-state index is -0.743. The van der Waals surface area contributed by atoms with Gasteiger partial charge in [0, 0.05) is 12.1 Å². The van der Waals surface area contributed by atoms with E-state index in [4.69, 9.17) is 21.0 Å². The number of carbonyl (C=O) groups is 1. The number of hydrogen-bond acceptors (Lipinski definition) is 6. The van der Waals surface area contributed by atoms with E-state index >= 15 is 0 Å². The lowest BCUT2D eigenvalue weighted by molar-refractivity contribution is -0.384. The highest BCUT2D eigenvalue weighted by molar-refractivity contribution is 6.34. The number of non-ortho nitro benzene ring substituents is 1. The van der Waals surface area contributed by atoms with Crippen LogP contribution in [0.5, 0.6) is 0 Å². The van der Waals surface area contributed by atoms with Crippen molar-refractivity contribution in [3.8, 4) is 5.69 Å². The highest BCUT2D eigenvalue weighted by Gasteiger charge is 2.30. The van der Waals surface area contributed by atoms with Crippen LogP contribution in [0.2, 0.25) is 5.02 Å². The Kier molecular flexibility index (Phi) is 7.00. The van der Waals surface area contributed by atoms with Crippen LogP contribution in [0.1, 0.15) is 40.5 Å². The second-order valence-electron chi connectivity index (χ2n) is 9.07. The van der Waals surface area contributed by atoms with Gasteiger partial charge >= 0.3 is 0 Å². The van der Waals surface area contributed by atoms with Crippen LogP contribution in [0.25, 0.3) is 16.6 Å². The number of aryl methyl sites for hydroxylation is 1. The summed E-state index contributed by atoms with van der Waals surface area (Å²) in [6, 6.07) is 20.9. The predicted molar refractivity (Wildman–Crippen MR) is 147 cm³/mol. The van der Waals surface area contributed by atoms with E-state index in [1.54, 1.807) is 43.3 Å². The highest BCUT2D eigenvalue weighted by Crippen LogP contribution is 2.30. The zero-order chi connectivity index (χ0) is 27.7. The van der Waals surface area contributed by atoms with Crippen molar-refractivity contribution in [2.45, 2.75) is 26.4 Å². The number of hydrogen-bond donors (Lipinski definition) is 0. The molecule has 0 bridgehead atoms. The normalized spacial score (nSPS) is 11.9. The number of nitrogens with zero attached hydrogens (tertiary/aromatic N) is 4. The fourth-order valence-corrected chi connectivity index (χ4v) is 4.67. The maximum absolute atomic E-state index is 13.9. The largest absolute Gasteiger partial charge is 0.467 e. The molecule has 196 valence electrons. The van der Waals surface area contributed by atoms with E-state index in [-0.39, 0.29) is 28.4 Å². The number of amides is 1. The van der Waals surface area contributed by atoms with Crippen molar-refractivity contribution in [2.24, 2.45) is 0 Å². The third-order valence-electron chi connectivity index (χ3n) is 6.50. The van der Waals surface area contributed by atoms with Gasteiger partial charge in [-0.2, -0.15) is 0 Å². The van der Waals surface area contributed by atoms with Gasteiger partial charge in [-0.1, -0.05) is 41.4 Å². The highest BCUT2D eigenvalue weighted by atomic mass is 35.5. The first kappa shape index (κ1) is 25.9. The molecule has 2 heterocycles. The average molecular weight is 543 g/mol. The summed E-state index contributed by atoms with van der Waals surface area (Å²) in [5.74, 6) is 0.329. The summed E-state index contributed by atoms with van der Waals surface area (Å²) in [7, 11) is 0. The number of furan rings is 1. The molecule has 0 spiro atoms. The van der Waals surface area contributed by atoms with Crippen molar-refractivity contribution >= 4 is 34.1 Å². The Hall–Kier alpha value is -4.76. The van der Waals surface area contributed by atoms with Crippen LogP contribution in [0.4, 0.5) is 5.69 Å².